The number of aliphatic imine (C=N–C) groups is 1. The molecule has 0 bridgehead atoms. The minimum absolute atomic E-state index is 0.0692. The second kappa shape index (κ2) is 7.32. The van der Waals surface area contributed by atoms with E-state index < -0.39 is 0 Å². The zero-order chi connectivity index (χ0) is 19.0. The molecule has 4 nitrogen and oxygen atoms in total. The van der Waals surface area contributed by atoms with Crippen molar-refractivity contribution in [2.45, 2.75) is 45.1 Å². The quantitative estimate of drug-likeness (QED) is 0.715. The second-order valence-electron chi connectivity index (χ2n) is 8.05. The first kappa shape index (κ1) is 17.9. The van der Waals surface area contributed by atoms with E-state index in [2.05, 4.69) is 17.4 Å². The van der Waals surface area contributed by atoms with Crippen LogP contribution in [-0.4, -0.2) is 19.0 Å². The van der Waals surface area contributed by atoms with Crippen molar-refractivity contribution in [1.82, 2.24) is 0 Å². The lowest BCUT2D eigenvalue weighted by Gasteiger charge is -2.43. The summed E-state index contributed by atoms with van der Waals surface area (Å²) in [6.45, 7) is 1.88. The normalized spacial score (nSPS) is 21.2. The zero-order valence-electron chi connectivity index (χ0n) is 16.0. The van der Waals surface area contributed by atoms with E-state index in [1.54, 1.807) is 0 Å². The van der Waals surface area contributed by atoms with Crippen LogP contribution in [0.15, 0.2) is 41.4 Å². The standard InChI is InChI=1S/C23H25ClN2O2/c24-17-6-4-5-16(13-17)15-25-22-23(9-2-1-3-10-23)14-18-19(26-22)7-8-20-21(18)28-12-11-27-20/h4-8,13H,1-3,9-12,14-15H2,(H,25,26). The Bertz CT molecular complexity index is 919. The van der Waals surface area contributed by atoms with Crippen LogP contribution >= 0.6 is 11.6 Å². The zero-order valence-corrected chi connectivity index (χ0v) is 16.7. The number of amidine groups is 1. The molecule has 2 heterocycles. The molecule has 146 valence electrons. The minimum Gasteiger partial charge on any atom is -0.486 e. The fraction of sp³-hybridized carbons (Fsp3) is 0.435. The van der Waals surface area contributed by atoms with E-state index in [0.717, 1.165) is 40.0 Å². The molecular formula is C23H25ClN2O2. The Morgan fingerprint density at radius 3 is 2.75 bits per heavy atom. The van der Waals surface area contributed by atoms with Gasteiger partial charge in [0.25, 0.3) is 0 Å². The number of halogens is 1. The van der Waals surface area contributed by atoms with Crippen molar-refractivity contribution in [2.24, 2.45) is 10.4 Å². The maximum Gasteiger partial charge on any atom is 0.166 e. The maximum absolute atomic E-state index is 6.15. The number of rotatable bonds is 2. The SMILES string of the molecule is Clc1cccc(CN=C2Nc3ccc4c(c3CC23CCCCC3)OCCO4)c1. The van der Waals surface area contributed by atoms with Crippen LogP contribution in [0.2, 0.25) is 5.02 Å². The summed E-state index contributed by atoms with van der Waals surface area (Å²) in [6, 6.07) is 12.1. The molecule has 0 aromatic heterocycles. The van der Waals surface area contributed by atoms with Crippen LogP contribution in [0.25, 0.3) is 0 Å². The highest BCUT2D eigenvalue weighted by atomic mass is 35.5. The summed E-state index contributed by atoms with van der Waals surface area (Å²) in [7, 11) is 0. The second-order valence-corrected chi connectivity index (χ2v) is 8.49. The third-order valence-corrected chi connectivity index (χ3v) is 6.44. The number of hydrogen-bond donors (Lipinski definition) is 1. The van der Waals surface area contributed by atoms with Gasteiger partial charge in [0.15, 0.2) is 11.5 Å². The predicted octanol–water partition coefficient (Wildman–Crippen LogP) is 5.63. The van der Waals surface area contributed by atoms with Gasteiger partial charge < -0.3 is 14.8 Å². The Hall–Kier alpha value is -2.20. The Balaban J connectivity index is 1.52. The largest absolute Gasteiger partial charge is 0.486 e. The number of ether oxygens (including phenoxy) is 2. The number of nitrogens with zero attached hydrogens (tertiary/aromatic N) is 1. The Morgan fingerprint density at radius 1 is 1.04 bits per heavy atom. The van der Waals surface area contributed by atoms with Gasteiger partial charge in [-0.1, -0.05) is 43.0 Å². The molecule has 5 heteroatoms. The summed E-state index contributed by atoms with van der Waals surface area (Å²) < 4.78 is 11.8. The molecule has 1 N–H and O–H groups in total. The number of anilines is 1. The highest BCUT2D eigenvalue weighted by Crippen LogP contribution is 2.50. The van der Waals surface area contributed by atoms with Crippen molar-refractivity contribution in [3.63, 3.8) is 0 Å². The molecule has 0 amide bonds. The summed E-state index contributed by atoms with van der Waals surface area (Å²) in [6.07, 6.45) is 7.11. The van der Waals surface area contributed by atoms with Gasteiger partial charge in [-0.05, 0) is 49.1 Å². The van der Waals surface area contributed by atoms with Crippen molar-refractivity contribution >= 4 is 23.1 Å². The van der Waals surface area contributed by atoms with Gasteiger partial charge in [0.2, 0.25) is 0 Å². The van der Waals surface area contributed by atoms with Crippen LogP contribution in [0, 0.1) is 5.41 Å². The number of hydrogen-bond acceptors (Lipinski definition) is 3. The summed E-state index contributed by atoms with van der Waals surface area (Å²) in [5.41, 5.74) is 3.56. The van der Waals surface area contributed by atoms with E-state index in [4.69, 9.17) is 26.1 Å². The van der Waals surface area contributed by atoms with Gasteiger partial charge in [0.1, 0.15) is 19.0 Å². The molecule has 1 saturated carbocycles. The lowest BCUT2D eigenvalue weighted by molar-refractivity contribution is 0.167. The highest BCUT2D eigenvalue weighted by molar-refractivity contribution is 6.30. The van der Waals surface area contributed by atoms with E-state index in [9.17, 15) is 0 Å². The van der Waals surface area contributed by atoms with E-state index in [0.29, 0.717) is 19.8 Å². The smallest absolute Gasteiger partial charge is 0.166 e. The summed E-state index contributed by atoms with van der Waals surface area (Å²) in [5.74, 6) is 2.92. The van der Waals surface area contributed by atoms with Crippen LogP contribution in [0.1, 0.15) is 43.2 Å². The van der Waals surface area contributed by atoms with E-state index in [-0.39, 0.29) is 5.41 Å². The van der Waals surface area contributed by atoms with E-state index in [1.165, 1.54) is 37.7 Å². The molecule has 0 unspecified atom stereocenters. The summed E-state index contributed by atoms with van der Waals surface area (Å²) in [4.78, 5) is 5.06. The van der Waals surface area contributed by atoms with Crippen molar-refractivity contribution in [1.29, 1.82) is 0 Å². The molecule has 0 atom stereocenters. The Morgan fingerprint density at radius 2 is 1.89 bits per heavy atom. The highest BCUT2D eigenvalue weighted by Gasteiger charge is 2.42. The van der Waals surface area contributed by atoms with Crippen LogP contribution in [0.5, 0.6) is 11.5 Å². The predicted molar refractivity (Wildman–Crippen MR) is 113 cm³/mol. The fourth-order valence-electron chi connectivity index (χ4n) is 4.80. The van der Waals surface area contributed by atoms with Gasteiger partial charge in [-0.3, -0.25) is 4.99 Å². The first-order chi connectivity index (χ1) is 13.7. The van der Waals surface area contributed by atoms with Crippen molar-refractivity contribution < 1.29 is 9.47 Å². The van der Waals surface area contributed by atoms with Gasteiger partial charge in [0.05, 0.1) is 6.54 Å². The molecule has 0 radical (unpaired) electrons. The Labute approximate surface area is 170 Å². The average Bonchev–Trinajstić information content (AvgIpc) is 2.73. The average molecular weight is 397 g/mol. The molecular weight excluding hydrogens is 372 g/mol. The molecule has 2 aromatic carbocycles. The monoisotopic (exact) mass is 396 g/mol. The van der Waals surface area contributed by atoms with Crippen LogP contribution in [-0.2, 0) is 13.0 Å². The van der Waals surface area contributed by atoms with Gasteiger partial charge in [-0.2, -0.15) is 0 Å². The number of fused-ring (bicyclic) bond motifs is 3. The first-order valence-electron chi connectivity index (χ1n) is 10.2. The Kier molecular flexibility index (Phi) is 4.67. The van der Waals surface area contributed by atoms with Crippen LogP contribution in [0.4, 0.5) is 5.69 Å². The minimum atomic E-state index is 0.0692. The van der Waals surface area contributed by atoms with Gasteiger partial charge in [-0.15, -0.1) is 0 Å². The molecule has 0 saturated heterocycles. The molecule has 28 heavy (non-hydrogen) atoms. The van der Waals surface area contributed by atoms with E-state index >= 15 is 0 Å². The van der Waals surface area contributed by atoms with Crippen molar-refractivity contribution in [3.8, 4) is 11.5 Å². The van der Waals surface area contributed by atoms with Gasteiger partial charge in [-0.25, -0.2) is 0 Å². The van der Waals surface area contributed by atoms with Crippen LogP contribution < -0.4 is 14.8 Å². The summed E-state index contributed by atoms with van der Waals surface area (Å²) in [5, 5.41) is 4.43. The lowest BCUT2D eigenvalue weighted by atomic mass is 9.67. The van der Waals surface area contributed by atoms with Crippen molar-refractivity contribution in [2.75, 3.05) is 18.5 Å². The molecule has 1 aliphatic carbocycles. The molecule has 2 aliphatic heterocycles. The van der Waals surface area contributed by atoms with E-state index in [1.807, 2.05) is 24.3 Å². The molecule has 2 aromatic rings. The molecule has 5 rings (SSSR count). The van der Waals surface area contributed by atoms with Crippen LogP contribution in [0.3, 0.4) is 0 Å². The number of benzene rings is 2. The molecule has 1 fully saturated rings. The topological polar surface area (TPSA) is 42.9 Å². The third kappa shape index (κ3) is 3.24. The maximum atomic E-state index is 6.15. The third-order valence-electron chi connectivity index (χ3n) is 6.20. The number of nitrogens with one attached hydrogen (secondary N) is 1. The summed E-state index contributed by atoms with van der Waals surface area (Å²) >= 11 is 6.15. The van der Waals surface area contributed by atoms with Crippen molar-refractivity contribution in [3.05, 3.63) is 52.5 Å². The first-order valence-corrected chi connectivity index (χ1v) is 10.6. The fourth-order valence-corrected chi connectivity index (χ4v) is 5.02. The van der Waals surface area contributed by atoms with Gasteiger partial charge >= 0.3 is 0 Å². The molecule has 3 aliphatic rings. The lowest BCUT2D eigenvalue weighted by Crippen LogP contribution is -2.43. The van der Waals surface area contributed by atoms with Gasteiger partial charge in [0, 0.05) is 21.7 Å². The molecule has 1 spiro atoms.